The number of fused-ring (bicyclic) bond motifs is 1. The third-order valence-electron chi connectivity index (χ3n) is 4.29. The van der Waals surface area contributed by atoms with Crippen LogP contribution in [0.3, 0.4) is 0 Å². The Labute approximate surface area is 113 Å². The molecule has 3 nitrogen and oxygen atoms in total. The summed E-state index contributed by atoms with van der Waals surface area (Å²) in [6, 6.07) is 7.50. The van der Waals surface area contributed by atoms with Crippen molar-refractivity contribution in [1.29, 1.82) is 0 Å². The predicted molar refractivity (Wildman–Crippen MR) is 77.5 cm³/mol. The first-order valence-corrected chi connectivity index (χ1v) is 7.20. The summed E-state index contributed by atoms with van der Waals surface area (Å²) in [5.74, 6) is 0. The summed E-state index contributed by atoms with van der Waals surface area (Å²) < 4.78 is 2.13. The van der Waals surface area contributed by atoms with Gasteiger partial charge in [0.15, 0.2) is 0 Å². The first-order valence-electron chi connectivity index (χ1n) is 7.20. The molecule has 0 saturated heterocycles. The van der Waals surface area contributed by atoms with E-state index in [0.717, 1.165) is 0 Å². The zero-order chi connectivity index (χ0) is 12.8. The minimum atomic E-state index is 0.664. The van der Waals surface area contributed by atoms with E-state index in [-0.39, 0.29) is 0 Å². The van der Waals surface area contributed by atoms with E-state index in [1.54, 1.807) is 0 Å². The Hall–Kier alpha value is -1.77. The molecule has 1 saturated carbocycles. The van der Waals surface area contributed by atoms with Crippen molar-refractivity contribution >= 4 is 5.69 Å². The van der Waals surface area contributed by atoms with E-state index < -0.39 is 0 Å². The van der Waals surface area contributed by atoms with Gasteiger partial charge in [0.2, 0.25) is 0 Å². The topological polar surface area (TPSA) is 21.1 Å². The molecule has 2 aliphatic rings. The molecule has 3 heteroatoms. The van der Waals surface area contributed by atoms with Crippen LogP contribution in [0.2, 0.25) is 0 Å². The molecule has 2 aromatic rings. The molecular weight excluding hydrogens is 234 g/mol. The van der Waals surface area contributed by atoms with E-state index in [0.29, 0.717) is 6.04 Å². The molecule has 98 valence electrons. The number of hydrogen-bond donors (Lipinski definition) is 0. The maximum Gasteiger partial charge on any atom is 0.0568 e. The molecule has 0 unspecified atom stereocenters. The zero-order valence-electron chi connectivity index (χ0n) is 11.3. The summed E-state index contributed by atoms with van der Waals surface area (Å²) in [5, 5.41) is 4.49. The number of nitrogens with zero attached hydrogens (tertiary/aromatic N) is 3. The molecule has 19 heavy (non-hydrogen) atoms. The Kier molecular flexibility index (Phi) is 2.40. The molecule has 0 atom stereocenters. The Morgan fingerprint density at radius 2 is 2.11 bits per heavy atom. The van der Waals surface area contributed by atoms with Gasteiger partial charge in [-0.05, 0) is 48.9 Å². The van der Waals surface area contributed by atoms with Crippen LogP contribution in [0.15, 0.2) is 30.6 Å². The van der Waals surface area contributed by atoms with Gasteiger partial charge in [0.1, 0.15) is 0 Å². The summed E-state index contributed by atoms with van der Waals surface area (Å²) >= 11 is 0. The standard InChI is InChI=1S/C16H19N3/c1-18-8-2-3-13-9-12(4-7-16(13)18)14-10-17-19(11-14)15-5-6-15/h4,7,9-11,15H,2-3,5-6,8H2,1H3. The second kappa shape index (κ2) is 4.12. The molecule has 0 bridgehead atoms. The second-order valence-electron chi connectivity index (χ2n) is 5.81. The molecule has 0 radical (unpaired) electrons. The average Bonchev–Trinajstić information content (AvgIpc) is 3.16. The maximum absolute atomic E-state index is 4.49. The summed E-state index contributed by atoms with van der Waals surface area (Å²) in [6.07, 6.45) is 9.24. The van der Waals surface area contributed by atoms with E-state index in [9.17, 15) is 0 Å². The van der Waals surface area contributed by atoms with E-state index in [2.05, 4.69) is 46.1 Å². The lowest BCUT2D eigenvalue weighted by Gasteiger charge is -2.27. The molecule has 1 aromatic heterocycles. The lowest BCUT2D eigenvalue weighted by Crippen LogP contribution is -2.24. The van der Waals surface area contributed by atoms with Crippen LogP contribution < -0.4 is 4.90 Å². The number of rotatable bonds is 2. The molecule has 1 fully saturated rings. The van der Waals surface area contributed by atoms with Crippen LogP contribution in [0.1, 0.15) is 30.9 Å². The van der Waals surface area contributed by atoms with Gasteiger partial charge in [0.05, 0.1) is 12.2 Å². The van der Waals surface area contributed by atoms with Crippen LogP contribution in [0, 0.1) is 0 Å². The lowest BCUT2D eigenvalue weighted by molar-refractivity contribution is 0.642. The van der Waals surface area contributed by atoms with Crippen molar-refractivity contribution in [1.82, 2.24) is 9.78 Å². The number of benzene rings is 1. The van der Waals surface area contributed by atoms with Crippen LogP contribution >= 0.6 is 0 Å². The number of anilines is 1. The van der Waals surface area contributed by atoms with Crippen LogP contribution in [0.5, 0.6) is 0 Å². The first kappa shape index (κ1) is 11.1. The fourth-order valence-electron chi connectivity index (χ4n) is 2.99. The Bertz CT molecular complexity index is 610. The van der Waals surface area contributed by atoms with Crippen molar-refractivity contribution in [3.63, 3.8) is 0 Å². The van der Waals surface area contributed by atoms with Crippen molar-refractivity contribution < 1.29 is 0 Å². The van der Waals surface area contributed by atoms with Gasteiger partial charge >= 0.3 is 0 Å². The van der Waals surface area contributed by atoms with Crippen LogP contribution in [0.4, 0.5) is 5.69 Å². The molecular formula is C16H19N3. The summed E-state index contributed by atoms with van der Waals surface area (Å²) in [4.78, 5) is 2.36. The quantitative estimate of drug-likeness (QED) is 0.819. The van der Waals surface area contributed by atoms with Crippen molar-refractivity contribution in [2.24, 2.45) is 0 Å². The SMILES string of the molecule is CN1CCCc2cc(-c3cnn(C4CC4)c3)ccc21. The fourth-order valence-corrected chi connectivity index (χ4v) is 2.99. The molecule has 0 amide bonds. The van der Waals surface area contributed by atoms with Crippen molar-refractivity contribution in [3.05, 3.63) is 36.2 Å². The first-order chi connectivity index (χ1) is 9.31. The summed E-state index contributed by atoms with van der Waals surface area (Å²) in [7, 11) is 2.18. The monoisotopic (exact) mass is 253 g/mol. The molecule has 1 aromatic carbocycles. The molecule has 1 aliphatic heterocycles. The lowest BCUT2D eigenvalue weighted by atomic mass is 9.98. The van der Waals surface area contributed by atoms with Crippen LogP contribution in [-0.4, -0.2) is 23.4 Å². The number of hydrogen-bond acceptors (Lipinski definition) is 2. The van der Waals surface area contributed by atoms with Crippen molar-refractivity contribution in [2.75, 3.05) is 18.5 Å². The molecule has 0 spiro atoms. The van der Waals surface area contributed by atoms with E-state index in [4.69, 9.17) is 0 Å². The van der Waals surface area contributed by atoms with Gasteiger partial charge in [-0.1, -0.05) is 6.07 Å². The molecule has 2 heterocycles. The normalized spacial score (nSPS) is 18.5. The van der Waals surface area contributed by atoms with Crippen molar-refractivity contribution in [2.45, 2.75) is 31.7 Å². The molecule has 1 aliphatic carbocycles. The van der Waals surface area contributed by atoms with Crippen LogP contribution in [-0.2, 0) is 6.42 Å². The second-order valence-corrected chi connectivity index (χ2v) is 5.81. The molecule has 0 N–H and O–H groups in total. The molecule has 4 rings (SSSR count). The van der Waals surface area contributed by atoms with Crippen LogP contribution in [0.25, 0.3) is 11.1 Å². The predicted octanol–water partition coefficient (Wildman–Crippen LogP) is 3.27. The largest absolute Gasteiger partial charge is 0.374 e. The Morgan fingerprint density at radius 1 is 1.21 bits per heavy atom. The minimum Gasteiger partial charge on any atom is -0.374 e. The van der Waals surface area contributed by atoms with Gasteiger partial charge in [-0.3, -0.25) is 4.68 Å². The zero-order valence-corrected chi connectivity index (χ0v) is 11.3. The Morgan fingerprint density at radius 3 is 2.95 bits per heavy atom. The average molecular weight is 253 g/mol. The number of aryl methyl sites for hydroxylation is 1. The van der Waals surface area contributed by atoms with Gasteiger partial charge in [-0.25, -0.2) is 0 Å². The van der Waals surface area contributed by atoms with Gasteiger partial charge in [0, 0.05) is 31.0 Å². The third kappa shape index (κ3) is 1.93. The van der Waals surface area contributed by atoms with Gasteiger partial charge in [-0.15, -0.1) is 0 Å². The van der Waals surface area contributed by atoms with Gasteiger partial charge in [-0.2, -0.15) is 5.10 Å². The highest BCUT2D eigenvalue weighted by molar-refractivity contribution is 5.68. The third-order valence-corrected chi connectivity index (χ3v) is 4.29. The summed E-state index contributed by atoms with van der Waals surface area (Å²) in [5.41, 5.74) is 5.43. The highest BCUT2D eigenvalue weighted by atomic mass is 15.3. The van der Waals surface area contributed by atoms with E-state index in [1.807, 2.05) is 6.20 Å². The minimum absolute atomic E-state index is 0.664. The van der Waals surface area contributed by atoms with E-state index >= 15 is 0 Å². The highest BCUT2D eigenvalue weighted by Gasteiger charge is 2.24. The Balaban J connectivity index is 1.70. The van der Waals surface area contributed by atoms with Gasteiger partial charge in [0.25, 0.3) is 0 Å². The number of aromatic nitrogens is 2. The fraction of sp³-hybridized carbons (Fsp3) is 0.438. The van der Waals surface area contributed by atoms with Gasteiger partial charge < -0.3 is 4.90 Å². The maximum atomic E-state index is 4.49. The highest BCUT2D eigenvalue weighted by Crippen LogP contribution is 2.36. The van der Waals surface area contributed by atoms with E-state index in [1.165, 1.54) is 54.6 Å². The van der Waals surface area contributed by atoms with Crippen molar-refractivity contribution in [3.8, 4) is 11.1 Å². The summed E-state index contributed by atoms with van der Waals surface area (Å²) in [6.45, 7) is 1.17. The smallest absolute Gasteiger partial charge is 0.0568 e.